The second-order valence-electron chi connectivity index (χ2n) is 3.09. The van der Waals surface area contributed by atoms with Crippen LogP contribution in [0.15, 0.2) is 29.1 Å². The van der Waals surface area contributed by atoms with E-state index >= 15 is 0 Å². The maximum atomic E-state index is 10.8. The lowest BCUT2D eigenvalue weighted by molar-refractivity contribution is 0.476. The Labute approximate surface area is 100 Å². The Balaban J connectivity index is 2.56. The van der Waals surface area contributed by atoms with E-state index in [-0.39, 0.29) is 21.4 Å². The van der Waals surface area contributed by atoms with Crippen LogP contribution in [0.1, 0.15) is 0 Å². The average molecular weight is 257 g/mol. The van der Waals surface area contributed by atoms with Crippen LogP contribution in [-0.4, -0.2) is 15.3 Å². The molecule has 6 heteroatoms. The number of H-pyrrole nitrogens is 1. The van der Waals surface area contributed by atoms with Crippen LogP contribution in [-0.2, 0) is 0 Å². The summed E-state index contributed by atoms with van der Waals surface area (Å²) in [6.07, 6.45) is 0. The van der Waals surface area contributed by atoms with E-state index < -0.39 is 0 Å². The highest BCUT2D eigenvalue weighted by atomic mass is 35.5. The number of rotatable bonds is 1. The molecule has 1 heterocycles. The topological polar surface area (TPSA) is 66.0 Å². The molecule has 0 amide bonds. The first-order chi connectivity index (χ1) is 7.58. The van der Waals surface area contributed by atoms with E-state index in [2.05, 4.69) is 10.2 Å². The maximum Gasteiger partial charge on any atom is 0.264 e. The first kappa shape index (κ1) is 11.0. The number of nitrogens with one attached hydrogen (secondary N) is 1. The van der Waals surface area contributed by atoms with Gasteiger partial charge in [-0.25, -0.2) is 5.10 Å². The van der Waals surface area contributed by atoms with Crippen molar-refractivity contribution in [1.82, 2.24) is 10.2 Å². The number of aromatic amines is 1. The summed E-state index contributed by atoms with van der Waals surface area (Å²) in [5, 5.41) is 15.8. The monoisotopic (exact) mass is 256 g/mol. The Bertz CT molecular complexity index is 552. The molecule has 2 aromatic rings. The summed E-state index contributed by atoms with van der Waals surface area (Å²) in [4.78, 5) is 10.8. The number of benzene rings is 1. The van der Waals surface area contributed by atoms with Crippen molar-refractivity contribution in [2.24, 2.45) is 0 Å². The Morgan fingerprint density at radius 2 is 1.81 bits per heavy atom. The molecule has 0 aliphatic rings. The lowest BCUT2D eigenvalue weighted by atomic mass is 10.1. The van der Waals surface area contributed by atoms with Gasteiger partial charge in [0.25, 0.3) is 5.56 Å². The molecule has 0 fully saturated rings. The summed E-state index contributed by atoms with van der Waals surface area (Å²) >= 11 is 11.5. The summed E-state index contributed by atoms with van der Waals surface area (Å²) in [5.74, 6) is -0.170. The van der Waals surface area contributed by atoms with E-state index in [1.807, 2.05) is 0 Å². The highest BCUT2D eigenvalue weighted by Crippen LogP contribution is 2.35. The molecule has 2 rings (SSSR count). The van der Waals surface area contributed by atoms with E-state index in [0.717, 1.165) is 0 Å². The lowest BCUT2D eigenvalue weighted by Gasteiger charge is -2.04. The van der Waals surface area contributed by atoms with E-state index in [4.69, 9.17) is 23.2 Å². The molecule has 0 atom stereocenters. The molecule has 16 heavy (non-hydrogen) atoms. The van der Waals surface area contributed by atoms with E-state index in [9.17, 15) is 9.90 Å². The van der Waals surface area contributed by atoms with Gasteiger partial charge in [-0.3, -0.25) is 4.79 Å². The molecule has 0 aliphatic heterocycles. The van der Waals surface area contributed by atoms with Crippen LogP contribution in [0.2, 0.25) is 10.0 Å². The van der Waals surface area contributed by atoms with Crippen molar-refractivity contribution in [2.75, 3.05) is 0 Å². The van der Waals surface area contributed by atoms with Gasteiger partial charge < -0.3 is 5.11 Å². The van der Waals surface area contributed by atoms with Gasteiger partial charge in [0, 0.05) is 11.6 Å². The minimum absolute atomic E-state index is 0.135. The van der Waals surface area contributed by atoms with Crippen LogP contribution < -0.4 is 5.56 Å². The van der Waals surface area contributed by atoms with Crippen molar-refractivity contribution in [3.63, 3.8) is 0 Å². The molecule has 0 bridgehead atoms. The standard InChI is InChI=1S/C10H6Cl2N2O2/c11-6-3-5(4-7(12)10(6)16)8-1-2-9(15)14-13-8/h1-4,16H,(H,14,15). The number of hydrogen-bond donors (Lipinski definition) is 2. The van der Waals surface area contributed by atoms with Crippen LogP contribution in [0, 0.1) is 0 Å². The van der Waals surface area contributed by atoms with Crippen molar-refractivity contribution < 1.29 is 5.11 Å². The van der Waals surface area contributed by atoms with Gasteiger partial charge in [0.1, 0.15) is 0 Å². The fraction of sp³-hybridized carbons (Fsp3) is 0. The second kappa shape index (κ2) is 4.15. The lowest BCUT2D eigenvalue weighted by Crippen LogP contribution is -2.05. The Kier molecular flexibility index (Phi) is 2.85. The van der Waals surface area contributed by atoms with E-state index in [1.54, 1.807) is 0 Å². The minimum atomic E-state index is -0.292. The quantitative estimate of drug-likeness (QED) is 0.824. The Morgan fingerprint density at radius 3 is 2.31 bits per heavy atom. The van der Waals surface area contributed by atoms with Crippen LogP contribution in [0.25, 0.3) is 11.3 Å². The third-order valence-corrected chi connectivity index (χ3v) is 2.57. The van der Waals surface area contributed by atoms with Gasteiger partial charge in [-0.1, -0.05) is 23.2 Å². The molecular formula is C10H6Cl2N2O2. The molecule has 0 radical (unpaired) electrons. The predicted octanol–water partition coefficient (Wildman–Crippen LogP) is 2.45. The van der Waals surface area contributed by atoms with Gasteiger partial charge in [-0.15, -0.1) is 0 Å². The number of aromatic hydroxyl groups is 1. The molecule has 1 aromatic heterocycles. The summed E-state index contributed by atoms with van der Waals surface area (Å²) in [6.45, 7) is 0. The number of phenolic OH excluding ortho intramolecular Hbond substituents is 1. The van der Waals surface area contributed by atoms with Crippen molar-refractivity contribution in [3.8, 4) is 17.0 Å². The first-order valence-corrected chi connectivity index (χ1v) is 5.07. The molecule has 0 aliphatic carbocycles. The van der Waals surface area contributed by atoms with Gasteiger partial charge >= 0.3 is 0 Å². The van der Waals surface area contributed by atoms with Crippen LogP contribution >= 0.6 is 23.2 Å². The molecular weight excluding hydrogens is 251 g/mol. The number of halogens is 2. The average Bonchev–Trinajstić information content (AvgIpc) is 2.26. The predicted molar refractivity (Wildman–Crippen MR) is 62.0 cm³/mol. The zero-order chi connectivity index (χ0) is 11.7. The zero-order valence-electron chi connectivity index (χ0n) is 7.87. The third kappa shape index (κ3) is 2.03. The van der Waals surface area contributed by atoms with Crippen molar-refractivity contribution in [3.05, 3.63) is 44.7 Å². The van der Waals surface area contributed by atoms with E-state index in [1.165, 1.54) is 24.3 Å². The summed E-state index contributed by atoms with van der Waals surface area (Å²) < 4.78 is 0. The van der Waals surface area contributed by atoms with E-state index in [0.29, 0.717) is 11.3 Å². The largest absolute Gasteiger partial charge is 0.505 e. The maximum absolute atomic E-state index is 10.8. The van der Waals surface area contributed by atoms with Gasteiger partial charge in [-0.2, -0.15) is 5.10 Å². The van der Waals surface area contributed by atoms with Crippen molar-refractivity contribution in [1.29, 1.82) is 0 Å². The van der Waals surface area contributed by atoms with Crippen LogP contribution in [0.4, 0.5) is 0 Å². The zero-order valence-corrected chi connectivity index (χ0v) is 9.38. The number of nitrogens with zero attached hydrogens (tertiary/aromatic N) is 1. The fourth-order valence-corrected chi connectivity index (χ4v) is 1.71. The third-order valence-electron chi connectivity index (χ3n) is 1.99. The molecule has 0 spiro atoms. The number of aromatic nitrogens is 2. The molecule has 1 aromatic carbocycles. The van der Waals surface area contributed by atoms with Crippen LogP contribution in [0.5, 0.6) is 5.75 Å². The fourth-order valence-electron chi connectivity index (χ4n) is 1.22. The summed E-state index contributed by atoms with van der Waals surface area (Å²) in [5.41, 5.74) is 0.840. The number of hydrogen-bond acceptors (Lipinski definition) is 3. The summed E-state index contributed by atoms with van der Waals surface area (Å²) in [6, 6.07) is 5.92. The van der Waals surface area contributed by atoms with Gasteiger partial charge in [0.15, 0.2) is 5.75 Å². The van der Waals surface area contributed by atoms with Crippen molar-refractivity contribution >= 4 is 23.2 Å². The molecule has 4 nitrogen and oxygen atoms in total. The molecule has 82 valence electrons. The first-order valence-electron chi connectivity index (χ1n) is 4.32. The molecule has 2 N–H and O–H groups in total. The van der Waals surface area contributed by atoms with Gasteiger partial charge in [0.05, 0.1) is 15.7 Å². The molecule has 0 saturated carbocycles. The number of phenols is 1. The molecule has 0 unspecified atom stereocenters. The SMILES string of the molecule is O=c1ccc(-c2cc(Cl)c(O)c(Cl)c2)n[nH]1. The van der Waals surface area contributed by atoms with Crippen LogP contribution in [0.3, 0.4) is 0 Å². The van der Waals surface area contributed by atoms with Gasteiger partial charge in [-0.05, 0) is 18.2 Å². The Morgan fingerprint density at radius 1 is 1.19 bits per heavy atom. The second-order valence-corrected chi connectivity index (χ2v) is 3.91. The summed E-state index contributed by atoms with van der Waals surface area (Å²) in [7, 11) is 0. The Hall–Kier alpha value is -1.52. The smallest absolute Gasteiger partial charge is 0.264 e. The normalized spacial score (nSPS) is 10.4. The van der Waals surface area contributed by atoms with Gasteiger partial charge in [0.2, 0.25) is 0 Å². The molecule has 0 saturated heterocycles. The highest BCUT2D eigenvalue weighted by Gasteiger charge is 2.08. The minimum Gasteiger partial charge on any atom is -0.505 e. The highest BCUT2D eigenvalue weighted by molar-refractivity contribution is 6.37. The van der Waals surface area contributed by atoms with Crippen molar-refractivity contribution in [2.45, 2.75) is 0 Å².